The zero-order chi connectivity index (χ0) is 10.8. The molecule has 0 bridgehead atoms. The molecule has 0 aliphatic rings. The van der Waals surface area contributed by atoms with Crippen LogP contribution in [0.5, 0.6) is 0 Å². The quantitative estimate of drug-likeness (QED) is 0.713. The highest BCUT2D eigenvalue weighted by atomic mass is 16.5. The summed E-state index contributed by atoms with van der Waals surface area (Å²) in [6.07, 6.45) is 2.73. The molecular weight excluding hydrogens is 198 g/mol. The van der Waals surface area contributed by atoms with Gasteiger partial charge >= 0.3 is 5.97 Å². The number of aromatic amines is 1. The van der Waals surface area contributed by atoms with E-state index in [4.69, 9.17) is 4.74 Å². The van der Waals surface area contributed by atoms with E-state index in [9.17, 15) is 9.59 Å². The number of carbonyl (C=O) groups excluding carboxylic acids is 1. The van der Waals surface area contributed by atoms with Crippen LogP contribution in [-0.2, 0) is 4.74 Å². The van der Waals surface area contributed by atoms with Crippen molar-refractivity contribution in [3.05, 3.63) is 34.5 Å². The molecule has 6 nitrogen and oxygen atoms in total. The molecule has 15 heavy (non-hydrogen) atoms. The molecule has 0 saturated carbocycles. The number of nitrogens with one attached hydrogen (secondary N) is 1. The Labute approximate surface area is 84.5 Å². The monoisotopic (exact) mass is 207 g/mol. The Hall–Kier alpha value is -2.11. The van der Waals surface area contributed by atoms with E-state index in [1.807, 2.05) is 0 Å². The number of H-pyrrole nitrogens is 1. The van der Waals surface area contributed by atoms with E-state index in [2.05, 4.69) is 10.1 Å². The highest BCUT2D eigenvalue weighted by Crippen LogP contribution is 2.05. The molecule has 0 fully saturated rings. The van der Waals surface area contributed by atoms with Crippen LogP contribution in [-0.4, -0.2) is 27.2 Å². The van der Waals surface area contributed by atoms with Gasteiger partial charge in [-0.1, -0.05) is 0 Å². The second kappa shape index (κ2) is 3.56. The van der Waals surface area contributed by atoms with E-state index in [1.54, 1.807) is 6.92 Å². The van der Waals surface area contributed by atoms with Gasteiger partial charge in [-0.3, -0.25) is 4.79 Å². The van der Waals surface area contributed by atoms with Gasteiger partial charge in [0.05, 0.1) is 12.2 Å². The molecule has 0 aliphatic heterocycles. The number of carbonyl (C=O) groups is 1. The maximum Gasteiger partial charge on any atom is 0.339 e. The predicted molar refractivity (Wildman–Crippen MR) is 51.8 cm³/mol. The second-order valence-electron chi connectivity index (χ2n) is 2.90. The van der Waals surface area contributed by atoms with Crippen LogP contribution < -0.4 is 5.56 Å². The van der Waals surface area contributed by atoms with E-state index < -0.39 is 5.97 Å². The molecule has 0 unspecified atom stereocenters. The summed E-state index contributed by atoms with van der Waals surface area (Å²) in [5.41, 5.74) is 0.349. The van der Waals surface area contributed by atoms with Crippen molar-refractivity contribution in [1.82, 2.24) is 14.6 Å². The predicted octanol–water partition coefficient (Wildman–Crippen LogP) is 0.199. The molecule has 6 heteroatoms. The van der Waals surface area contributed by atoms with Crippen molar-refractivity contribution in [3.63, 3.8) is 0 Å². The van der Waals surface area contributed by atoms with Gasteiger partial charge in [0, 0.05) is 6.20 Å². The molecular formula is C9H9N3O3. The molecule has 2 aromatic rings. The van der Waals surface area contributed by atoms with Crippen LogP contribution >= 0.6 is 0 Å². The van der Waals surface area contributed by atoms with E-state index in [-0.39, 0.29) is 5.56 Å². The summed E-state index contributed by atoms with van der Waals surface area (Å²) >= 11 is 0. The summed E-state index contributed by atoms with van der Waals surface area (Å²) in [6.45, 7) is 2.02. The van der Waals surface area contributed by atoms with Crippen LogP contribution in [0, 0.1) is 0 Å². The average Bonchev–Trinajstić information content (AvgIpc) is 2.63. The van der Waals surface area contributed by atoms with E-state index in [0.717, 1.165) is 0 Å². The van der Waals surface area contributed by atoms with Gasteiger partial charge in [0.1, 0.15) is 11.8 Å². The molecule has 0 aromatic carbocycles. The summed E-state index contributed by atoms with van der Waals surface area (Å²) in [6, 6.07) is 1.45. The number of fused-ring (bicyclic) bond motifs is 1. The number of aromatic nitrogens is 3. The largest absolute Gasteiger partial charge is 0.462 e. The average molecular weight is 207 g/mol. The van der Waals surface area contributed by atoms with Crippen LogP contribution in [0.1, 0.15) is 17.3 Å². The van der Waals surface area contributed by atoms with Gasteiger partial charge in [0.2, 0.25) is 0 Å². The normalized spacial score (nSPS) is 10.5. The van der Waals surface area contributed by atoms with Crippen molar-refractivity contribution in [3.8, 4) is 0 Å². The smallest absolute Gasteiger partial charge is 0.339 e. The van der Waals surface area contributed by atoms with Crippen molar-refractivity contribution in [1.29, 1.82) is 0 Å². The van der Waals surface area contributed by atoms with Gasteiger partial charge in [-0.2, -0.15) is 5.10 Å². The van der Waals surface area contributed by atoms with Crippen LogP contribution in [0.4, 0.5) is 0 Å². The van der Waals surface area contributed by atoms with Crippen molar-refractivity contribution in [2.75, 3.05) is 6.61 Å². The minimum atomic E-state index is -0.456. The number of hydrogen-bond donors (Lipinski definition) is 1. The fourth-order valence-corrected chi connectivity index (χ4v) is 1.27. The molecule has 1 N–H and O–H groups in total. The molecule has 0 radical (unpaired) electrons. The number of esters is 1. The highest BCUT2D eigenvalue weighted by molar-refractivity contribution is 5.90. The molecule has 2 aromatic heterocycles. The summed E-state index contributed by atoms with van der Waals surface area (Å²) in [7, 11) is 0. The van der Waals surface area contributed by atoms with Crippen LogP contribution in [0.25, 0.3) is 5.52 Å². The third kappa shape index (κ3) is 1.61. The second-order valence-corrected chi connectivity index (χ2v) is 2.90. The summed E-state index contributed by atoms with van der Waals surface area (Å²) in [5.74, 6) is -0.456. The zero-order valence-electron chi connectivity index (χ0n) is 8.06. The van der Waals surface area contributed by atoms with Crippen LogP contribution in [0.15, 0.2) is 23.4 Å². The van der Waals surface area contributed by atoms with Crippen molar-refractivity contribution >= 4 is 11.5 Å². The Morgan fingerprint density at radius 2 is 2.47 bits per heavy atom. The molecule has 2 rings (SSSR count). The lowest BCUT2D eigenvalue weighted by Crippen LogP contribution is -2.09. The Kier molecular flexibility index (Phi) is 2.24. The van der Waals surface area contributed by atoms with Crippen LogP contribution in [0.3, 0.4) is 0 Å². The first-order chi connectivity index (χ1) is 7.22. The Bertz CT molecular complexity index is 555. The molecule has 0 saturated heterocycles. The zero-order valence-corrected chi connectivity index (χ0v) is 8.06. The molecule has 78 valence electrons. The summed E-state index contributed by atoms with van der Waals surface area (Å²) in [4.78, 5) is 25.1. The lowest BCUT2D eigenvalue weighted by Gasteiger charge is -1.95. The van der Waals surface area contributed by atoms with Crippen molar-refractivity contribution in [2.45, 2.75) is 6.92 Å². The van der Waals surface area contributed by atoms with E-state index in [0.29, 0.717) is 17.7 Å². The first-order valence-corrected chi connectivity index (χ1v) is 4.45. The van der Waals surface area contributed by atoms with E-state index in [1.165, 1.54) is 23.1 Å². The Morgan fingerprint density at radius 1 is 1.67 bits per heavy atom. The molecule has 0 aliphatic carbocycles. The number of hydrogen-bond acceptors (Lipinski definition) is 4. The minimum absolute atomic E-state index is 0.291. The fraction of sp³-hybridized carbons (Fsp3) is 0.222. The van der Waals surface area contributed by atoms with Gasteiger partial charge in [0.15, 0.2) is 0 Å². The number of ether oxygens (including phenoxy) is 1. The SMILES string of the molecule is CCOC(=O)c1cc2c(=O)[nH]cnn2c1. The Morgan fingerprint density at radius 3 is 3.13 bits per heavy atom. The lowest BCUT2D eigenvalue weighted by atomic mass is 10.3. The van der Waals surface area contributed by atoms with Crippen molar-refractivity contribution in [2.24, 2.45) is 0 Å². The number of rotatable bonds is 2. The molecule has 0 spiro atoms. The fourth-order valence-electron chi connectivity index (χ4n) is 1.27. The first kappa shape index (κ1) is 9.45. The maximum absolute atomic E-state index is 11.4. The highest BCUT2D eigenvalue weighted by Gasteiger charge is 2.11. The lowest BCUT2D eigenvalue weighted by molar-refractivity contribution is 0.0526. The van der Waals surface area contributed by atoms with E-state index >= 15 is 0 Å². The summed E-state index contributed by atoms with van der Waals surface area (Å²) in [5, 5.41) is 3.86. The third-order valence-corrected chi connectivity index (χ3v) is 1.92. The van der Waals surface area contributed by atoms with Gasteiger partial charge in [-0.15, -0.1) is 0 Å². The number of nitrogens with zero attached hydrogens (tertiary/aromatic N) is 2. The van der Waals surface area contributed by atoms with Gasteiger partial charge in [-0.25, -0.2) is 9.31 Å². The van der Waals surface area contributed by atoms with Gasteiger partial charge in [0.25, 0.3) is 5.56 Å². The first-order valence-electron chi connectivity index (χ1n) is 4.45. The van der Waals surface area contributed by atoms with Crippen LogP contribution in [0.2, 0.25) is 0 Å². The maximum atomic E-state index is 11.4. The Balaban J connectivity index is 2.52. The minimum Gasteiger partial charge on any atom is -0.462 e. The van der Waals surface area contributed by atoms with Gasteiger partial charge in [-0.05, 0) is 13.0 Å². The third-order valence-electron chi connectivity index (χ3n) is 1.92. The molecule has 0 amide bonds. The summed E-state index contributed by atoms with van der Waals surface area (Å²) < 4.78 is 6.14. The molecule has 2 heterocycles. The topological polar surface area (TPSA) is 76.5 Å². The van der Waals surface area contributed by atoms with Crippen molar-refractivity contribution < 1.29 is 9.53 Å². The molecule has 0 atom stereocenters. The standard InChI is InChI=1S/C9H9N3O3/c1-2-15-9(14)6-3-7-8(13)10-5-11-12(7)4-6/h3-5H,2H2,1H3,(H,10,11,13). The van der Waals surface area contributed by atoms with Gasteiger partial charge < -0.3 is 9.72 Å².